The van der Waals surface area contributed by atoms with Gasteiger partial charge in [0, 0.05) is 25.3 Å². The van der Waals surface area contributed by atoms with Crippen LogP contribution < -0.4 is 9.80 Å². The molecule has 4 fully saturated rings. The second-order valence-corrected chi connectivity index (χ2v) is 9.99. The predicted octanol–water partition coefficient (Wildman–Crippen LogP) is 3.49. The smallest absolute Gasteiger partial charge is 0.416 e. The first kappa shape index (κ1) is 24.8. The Balaban J connectivity index is 1.30. The Morgan fingerprint density at radius 2 is 1.86 bits per heavy atom. The fourth-order valence-corrected chi connectivity index (χ4v) is 5.47. The van der Waals surface area contributed by atoms with E-state index in [0.29, 0.717) is 49.5 Å². The van der Waals surface area contributed by atoms with Gasteiger partial charge in [-0.2, -0.15) is 0 Å². The van der Waals surface area contributed by atoms with Gasteiger partial charge in [-0.15, -0.1) is 0 Å². The van der Waals surface area contributed by atoms with Crippen molar-refractivity contribution in [1.82, 2.24) is 5.16 Å². The number of amides is 1. The summed E-state index contributed by atoms with van der Waals surface area (Å²) in [6.45, 7) is 6.77. The lowest BCUT2D eigenvalue weighted by Crippen LogP contribution is -2.46. The van der Waals surface area contributed by atoms with Crippen molar-refractivity contribution in [2.24, 2.45) is 0 Å². The summed E-state index contributed by atoms with van der Waals surface area (Å²) in [6.07, 6.45) is 0.572. The standard InChI is InChI=1S/C25H32FN3O8/c1-14-10-28(11-15(2)35-14)21-17(24-32-7-8-33-24)9-18-22(20(21)26)37-27-23(18)29-12-16(36-25(29)30)13-34-19-5-3-4-6-31-19/h9,14-16,19,24H,3-8,10-13H2,1-2H3/t14-,15-,16-,19?/m1/s1. The van der Waals surface area contributed by atoms with E-state index in [1.165, 1.54) is 4.90 Å². The number of cyclic esters (lactones) is 1. The van der Waals surface area contributed by atoms with Gasteiger partial charge in [-0.25, -0.2) is 9.18 Å². The van der Waals surface area contributed by atoms with Gasteiger partial charge < -0.3 is 37.8 Å². The topological polar surface area (TPSA) is 105 Å². The Kier molecular flexibility index (Phi) is 6.93. The van der Waals surface area contributed by atoms with Crippen LogP contribution in [0.5, 0.6) is 0 Å². The average molecular weight is 522 g/mol. The molecule has 12 heteroatoms. The minimum Gasteiger partial charge on any atom is -0.441 e. The summed E-state index contributed by atoms with van der Waals surface area (Å²) in [6, 6.07) is 1.74. The van der Waals surface area contributed by atoms with Crippen molar-refractivity contribution in [2.75, 3.05) is 55.9 Å². The second-order valence-electron chi connectivity index (χ2n) is 9.99. The van der Waals surface area contributed by atoms with E-state index in [9.17, 15) is 4.79 Å². The van der Waals surface area contributed by atoms with Gasteiger partial charge in [0.2, 0.25) is 5.58 Å². The van der Waals surface area contributed by atoms with Gasteiger partial charge in [0.25, 0.3) is 0 Å². The van der Waals surface area contributed by atoms with Crippen LogP contribution in [0.3, 0.4) is 0 Å². The molecule has 4 aliphatic rings. The Bertz CT molecular complexity index is 1120. The quantitative estimate of drug-likeness (QED) is 0.561. The molecule has 37 heavy (non-hydrogen) atoms. The molecule has 0 N–H and O–H groups in total. The molecule has 2 aromatic rings. The fraction of sp³-hybridized carbons (Fsp3) is 0.680. The molecule has 1 aromatic carbocycles. The molecule has 1 unspecified atom stereocenters. The van der Waals surface area contributed by atoms with Crippen molar-refractivity contribution < 1.29 is 42.1 Å². The van der Waals surface area contributed by atoms with Gasteiger partial charge in [-0.05, 0) is 39.2 Å². The fourth-order valence-electron chi connectivity index (χ4n) is 5.47. The molecular formula is C25H32FN3O8. The minimum absolute atomic E-state index is 0.0401. The van der Waals surface area contributed by atoms with E-state index in [1.807, 2.05) is 18.7 Å². The lowest BCUT2D eigenvalue weighted by Gasteiger charge is -2.38. The summed E-state index contributed by atoms with van der Waals surface area (Å²) in [7, 11) is 0. The summed E-state index contributed by atoms with van der Waals surface area (Å²) in [5, 5.41) is 4.42. The van der Waals surface area contributed by atoms with Crippen LogP contribution in [0.15, 0.2) is 10.6 Å². The van der Waals surface area contributed by atoms with Gasteiger partial charge >= 0.3 is 6.09 Å². The van der Waals surface area contributed by atoms with Crippen molar-refractivity contribution in [3.05, 3.63) is 17.4 Å². The number of benzene rings is 1. The summed E-state index contributed by atoms with van der Waals surface area (Å²) < 4.78 is 55.9. The molecule has 1 aromatic heterocycles. The predicted molar refractivity (Wildman–Crippen MR) is 128 cm³/mol. The molecule has 4 saturated heterocycles. The molecule has 5 heterocycles. The maximum absolute atomic E-state index is 16.1. The number of fused-ring (bicyclic) bond motifs is 1. The first-order chi connectivity index (χ1) is 18.0. The highest BCUT2D eigenvalue weighted by molar-refractivity contribution is 6.00. The number of ether oxygens (including phenoxy) is 6. The Labute approximate surface area is 213 Å². The summed E-state index contributed by atoms with van der Waals surface area (Å²) in [5.74, 6) is -0.390. The molecule has 4 atom stereocenters. The lowest BCUT2D eigenvalue weighted by atomic mass is 10.0. The SMILES string of the molecule is C[C@@H]1CN(c2c(C3OCCO3)cc3c(N4C[C@H](COC5CCCCO5)OC4=O)noc3c2F)C[C@@H](C)O1. The van der Waals surface area contributed by atoms with Gasteiger partial charge in [-0.1, -0.05) is 5.16 Å². The second kappa shape index (κ2) is 10.3. The third kappa shape index (κ3) is 4.88. The van der Waals surface area contributed by atoms with E-state index in [1.54, 1.807) is 6.07 Å². The van der Waals surface area contributed by atoms with Gasteiger partial charge in [0.1, 0.15) is 6.10 Å². The van der Waals surface area contributed by atoms with E-state index in [2.05, 4.69) is 5.16 Å². The Morgan fingerprint density at radius 1 is 1.08 bits per heavy atom. The van der Waals surface area contributed by atoms with E-state index in [4.69, 9.17) is 32.9 Å². The number of hydrogen-bond acceptors (Lipinski definition) is 10. The van der Waals surface area contributed by atoms with Crippen LogP contribution in [0.4, 0.5) is 20.7 Å². The summed E-state index contributed by atoms with van der Waals surface area (Å²) >= 11 is 0. The van der Waals surface area contributed by atoms with E-state index in [0.717, 1.165) is 19.3 Å². The molecular weight excluding hydrogens is 489 g/mol. The number of rotatable bonds is 6. The number of nitrogens with zero attached hydrogens (tertiary/aromatic N) is 3. The lowest BCUT2D eigenvalue weighted by molar-refractivity contribution is -0.172. The van der Waals surface area contributed by atoms with Gasteiger partial charge in [0.15, 0.2) is 24.2 Å². The van der Waals surface area contributed by atoms with Crippen molar-refractivity contribution in [3.8, 4) is 0 Å². The van der Waals surface area contributed by atoms with Crippen molar-refractivity contribution >= 4 is 28.6 Å². The van der Waals surface area contributed by atoms with E-state index < -0.39 is 24.3 Å². The third-order valence-corrected chi connectivity index (χ3v) is 7.04. The van der Waals surface area contributed by atoms with Gasteiger partial charge in [0.05, 0.1) is 49.6 Å². The monoisotopic (exact) mass is 521 g/mol. The minimum atomic E-state index is -0.743. The zero-order valence-corrected chi connectivity index (χ0v) is 21.0. The molecule has 4 aliphatic heterocycles. The first-order valence-electron chi connectivity index (χ1n) is 12.9. The van der Waals surface area contributed by atoms with Crippen LogP contribution >= 0.6 is 0 Å². The number of hydrogen-bond donors (Lipinski definition) is 0. The summed E-state index contributed by atoms with van der Waals surface area (Å²) in [5.41, 5.74) is 0.823. The van der Waals surface area contributed by atoms with Crippen LogP contribution in [0, 0.1) is 5.82 Å². The van der Waals surface area contributed by atoms with Crippen LogP contribution in [0.2, 0.25) is 0 Å². The molecule has 202 valence electrons. The van der Waals surface area contributed by atoms with Crippen LogP contribution in [0.1, 0.15) is 45.0 Å². The largest absolute Gasteiger partial charge is 0.441 e. The molecule has 0 bridgehead atoms. The molecule has 0 radical (unpaired) electrons. The highest BCUT2D eigenvalue weighted by Crippen LogP contribution is 2.42. The number of halogens is 1. The number of aromatic nitrogens is 1. The normalized spacial score (nSPS) is 29.4. The highest BCUT2D eigenvalue weighted by atomic mass is 19.1. The Hall–Kier alpha value is -2.51. The van der Waals surface area contributed by atoms with Crippen molar-refractivity contribution in [1.29, 1.82) is 0 Å². The number of carbonyl (C=O) groups is 1. The number of anilines is 2. The zero-order valence-electron chi connectivity index (χ0n) is 21.0. The van der Waals surface area contributed by atoms with Crippen molar-refractivity contribution in [3.63, 3.8) is 0 Å². The molecule has 0 aliphatic carbocycles. The highest BCUT2D eigenvalue weighted by Gasteiger charge is 2.39. The molecule has 6 rings (SSSR count). The maximum atomic E-state index is 16.1. The van der Waals surface area contributed by atoms with Crippen molar-refractivity contribution in [2.45, 2.75) is 64.0 Å². The molecule has 11 nitrogen and oxygen atoms in total. The molecule has 1 amide bonds. The van der Waals surface area contributed by atoms with Crippen LogP contribution in [0.25, 0.3) is 11.0 Å². The first-order valence-corrected chi connectivity index (χ1v) is 12.9. The third-order valence-electron chi connectivity index (χ3n) is 7.04. The van der Waals surface area contributed by atoms with E-state index in [-0.39, 0.29) is 43.1 Å². The van der Waals surface area contributed by atoms with E-state index >= 15 is 4.39 Å². The number of carbonyl (C=O) groups excluding carboxylic acids is 1. The Morgan fingerprint density at radius 3 is 2.59 bits per heavy atom. The van der Waals surface area contributed by atoms with Crippen LogP contribution in [-0.2, 0) is 28.4 Å². The van der Waals surface area contributed by atoms with Gasteiger partial charge in [-0.3, -0.25) is 4.90 Å². The average Bonchev–Trinajstić information content (AvgIpc) is 3.63. The maximum Gasteiger partial charge on any atom is 0.416 e. The number of morpholine rings is 1. The van der Waals surface area contributed by atoms with Crippen LogP contribution in [-0.4, -0.2) is 81.9 Å². The molecule has 0 saturated carbocycles. The molecule has 0 spiro atoms. The zero-order chi connectivity index (χ0) is 25.5. The summed E-state index contributed by atoms with van der Waals surface area (Å²) in [4.78, 5) is 16.0.